The Morgan fingerprint density at radius 2 is 1.94 bits per heavy atom. The van der Waals surface area contributed by atoms with Crippen LogP contribution in [0, 0.1) is 11.6 Å². The molecule has 5 heteroatoms. The first-order chi connectivity index (χ1) is 7.97. The van der Waals surface area contributed by atoms with Crippen LogP contribution in [0.15, 0.2) is 22.8 Å². The van der Waals surface area contributed by atoms with Gasteiger partial charge in [0.1, 0.15) is 5.84 Å². The molecule has 0 saturated carbocycles. The molecule has 1 aliphatic rings. The van der Waals surface area contributed by atoms with E-state index in [2.05, 4.69) is 4.99 Å². The quantitative estimate of drug-likeness (QED) is 0.815. The summed E-state index contributed by atoms with van der Waals surface area (Å²) in [7, 11) is 1.89. The average molecular weight is 238 g/mol. The molecule has 0 aliphatic carbocycles. The molecule has 0 atom stereocenters. The first-order valence-electron chi connectivity index (χ1n) is 5.12. The minimum absolute atomic E-state index is 0.347. The van der Waals surface area contributed by atoms with Gasteiger partial charge in [0.2, 0.25) is 0 Å². The maximum absolute atomic E-state index is 13.1. The second-order valence-corrected chi connectivity index (χ2v) is 3.98. The summed E-state index contributed by atoms with van der Waals surface area (Å²) >= 11 is 0. The van der Waals surface area contributed by atoms with Gasteiger partial charge in [-0.3, -0.25) is 0 Å². The summed E-state index contributed by atoms with van der Waals surface area (Å²) in [6.45, 7) is 2.47. The highest BCUT2D eigenvalue weighted by atomic mass is 19.1. The van der Waals surface area contributed by atoms with E-state index in [4.69, 9.17) is 5.11 Å². The van der Waals surface area contributed by atoms with Gasteiger partial charge in [-0.05, 0) is 30.7 Å². The van der Waals surface area contributed by atoms with E-state index in [1.165, 1.54) is 0 Å². The van der Waals surface area contributed by atoms with Crippen molar-refractivity contribution < 1.29 is 13.9 Å². The summed E-state index contributed by atoms with van der Waals surface area (Å²) in [4.78, 5) is 6.17. The third-order valence-electron chi connectivity index (χ3n) is 2.63. The van der Waals surface area contributed by atoms with Gasteiger partial charge in [0, 0.05) is 7.05 Å². The van der Waals surface area contributed by atoms with E-state index in [0.717, 1.165) is 23.7 Å². The fraction of sp³-hybridized carbons (Fsp3) is 0.250. The van der Waals surface area contributed by atoms with Crippen molar-refractivity contribution >= 4 is 11.9 Å². The Balaban J connectivity index is 2.35. The molecule has 17 heavy (non-hydrogen) atoms. The Morgan fingerprint density at radius 1 is 1.35 bits per heavy atom. The van der Waals surface area contributed by atoms with Crippen LogP contribution in [0.2, 0.25) is 0 Å². The van der Waals surface area contributed by atoms with Crippen LogP contribution in [0.25, 0.3) is 6.08 Å². The lowest BCUT2D eigenvalue weighted by molar-refractivity contribution is 0.396. The molecule has 3 nitrogen and oxygen atoms in total. The van der Waals surface area contributed by atoms with Gasteiger partial charge in [0.15, 0.2) is 17.4 Å². The average Bonchev–Trinajstić information content (AvgIpc) is 2.54. The van der Waals surface area contributed by atoms with Crippen LogP contribution in [0.5, 0.6) is 5.75 Å². The molecule has 2 rings (SSSR count). The number of nitrogens with zero attached hydrogens (tertiary/aromatic N) is 2. The first-order valence-corrected chi connectivity index (χ1v) is 5.12. The Bertz CT molecular complexity index is 500. The van der Waals surface area contributed by atoms with Gasteiger partial charge >= 0.3 is 0 Å². The molecule has 0 amide bonds. The molecule has 0 aromatic heterocycles. The highest BCUT2D eigenvalue weighted by molar-refractivity contribution is 5.84. The van der Waals surface area contributed by atoms with Crippen molar-refractivity contribution in [1.29, 1.82) is 0 Å². The minimum atomic E-state index is -0.969. The van der Waals surface area contributed by atoms with E-state index in [0.29, 0.717) is 12.1 Å². The molecular formula is C12H12F2N2O. The number of rotatable bonds is 1. The van der Waals surface area contributed by atoms with Crippen molar-refractivity contribution in [1.82, 2.24) is 4.90 Å². The molecule has 0 spiro atoms. The molecule has 1 N–H and O–H groups in total. The van der Waals surface area contributed by atoms with Crippen LogP contribution in [0.1, 0.15) is 12.5 Å². The summed E-state index contributed by atoms with van der Waals surface area (Å²) in [5.41, 5.74) is 1.08. The van der Waals surface area contributed by atoms with Crippen molar-refractivity contribution in [2.45, 2.75) is 6.92 Å². The molecule has 0 radical (unpaired) electrons. The van der Waals surface area contributed by atoms with E-state index in [1.54, 1.807) is 6.08 Å². The number of phenols is 1. The number of hydrogen-bond acceptors (Lipinski definition) is 3. The SMILES string of the molecule is CC1=N/C(=C\c2cc(F)c(O)c(F)c2)CN1C. The largest absolute Gasteiger partial charge is 0.503 e. The zero-order chi connectivity index (χ0) is 12.6. The molecule has 1 aromatic rings. The second-order valence-electron chi connectivity index (χ2n) is 3.98. The fourth-order valence-electron chi connectivity index (χ4n) is 1.62. The van der Waals surface area contributed by atoms with Crippen molar-refractivity contribution in [3.8, 4) is 5.75 Å². The zero-order valence-corrected chi connectivity index (χ0v) is 9.54. The number of likely N-dealkylation sites (N-methyl/N-ethyl adjacent to an activating group) is 1. The fourth-order valence-corrected chi connectivity index (χ4v) is 1.62. The summed E-state index contributed by atoms with van der Waals surface area (Å²) < 4.78 is 26.2. The molecule has 1 aliphatic heterocycles. The Morgan fingerprint density at radius 3 is 2.41 bits per heavy atom. The number of phenolic OH excluding ortho intramolecular Hbond substituents is 1. The Hall–Kier alpha value is -1.91. The number of benzene rings is 1. The summed E-state index contributed by atoms with van der Waals surface area (Å²) in [6, 6.07) is 2.16. The number of aromatic hydroxyl groups is 1. The summed E-state index contributed by atoms with van der Waals surface area (Å²) in [6.07, 6.45) is 1.60. The Labute approximate surface area is 97.7 Å². The van der Waals surface area contributed by atoms with Crippen LogP contribution in [-0.2, 0) is 0 Å². The van der Waals surface area contributed by atoms with Gasteiger partial charge in [-0.1, -0.05) is 0 Å². The lowest BCUT2D eigenvalue weighted by Gasteiger charge is -2.08. The second kappa shape index (κ2) is 4.16. The minimum Gasteiger partial charge on any atom is -0.503 e. The molecule has 1 heterocycles. The standard InChI is InChI=1S/C12H12F2N2O/c1-7-15-9(6-16(7)2)3-8-4-10(13)12(17)11(14)5-8/h3-5,17H,6H2,1-2H3/b9-3-. The molecular weight excluding hydrogens is 226 g/mol. The lowest BCUT2D eigenvalue weighted by Crippen LogP contribution is -2.18. The van der Waals surface area contributed by atoms with Crippen LogP contribution in [0.3, 0.4) is 0 Å². The van der Waals surface area contributed by atoms with E-state index < -0.39 is 17.4 Å². The third kappa shape index (κ3) is 2.27. The van der Waals surface area contributed by atoms with Gasteiger partial charge in [0.25, 0.3) is 0 Å². The number of aliphatic imine (C=N–C) groups is 1. The maximum Gasteiger partial charge on any atom is 0.187 e. The van der Waals surface area contributed by atoms with Gasteiger partial charge in [-0.2, -0.15) is 0 Å². The normalized spacial score (nSPS) is 17.8. The highest BCUT2D eigenvalue weighted by Gasteiger charge is 2.14. The van der Waals surface area contributed by atoms with Gasteiger partial charge in [-0.15, -0.1) is 0 Å². The number of halogens is 2. The predicted molar refractivity (Wildman–Crippen MR) is 61.7 cm³/mol. The third-order valence-corrected chi connectivity index (χ3v) is 2.63. The van der Waals surface area contributed by atoms with Gasteiger partial charge < -0.3 is 10.0 Å². The van der Waals surface area contributed by atoms with Crippen molar-refractivity contribution in [3.05, 3.63) is 35.0 Å². The molecule has 1 aromatic carbocycles. The van der Waals surface area contributed by atoms with Crippen LogP contribution in [0.4, 0.5) is 8.78 Å². The van der Waals surface area contributed by atoms with E-state index >= 15 is 0 Å². The smallest absolute Gasteiger partial charge is 0.187 e. The Kier molecular flexibility index (Phi) is 2.83. The highest BCUT2D eigenvalue weighted by Crippen LogP contribution is 2.23. The summed E-state index contributed by atoms with van der Waals surface area (Å²) in [5, 5.41) is 8.97. The van der Waals surface area contributed by atoms with Crippen molar-refractivity contribution in [2.24, 2.45) is 4.99 Å². The van der Waals surface area contributed by atoms with Crippen LogP contribution in [-0.4, -0.2) is 29.4 Å². The van der Waals surface area contributed by atoms with Crippen LogP contribution < -0.4 is 0 Å². The monoisotopic (exact) mass is 238 g/mol. The molecule has 0 bridgehead atoms. The van der Waals surface area contributed by atoms with Crippen molar-refractivity contribution in [2.75, 3.05) is 13.6 Å². The molecule has 0 fully saturated rings. The van der Waals surface area contributed by atoms with E-state index in [9.17, 15) is 8.78 Å². The topological polar surface area (TPSA) is 35.8 Å². The molecule has 90 valence electrons. The van der Waals surface area contributed by atoms with E-state index in [-0.39, 0.29) is 0 Å². The molecule has 0 saturated heterocycles. The van der Waals surface area contributed by atoms with E-state index in [1.807, 2.05) is 18.9 Å². The van der Waals surface area contributed by atoms with Crippen molar-refractivity contribution in [3.63, 3.8) is 0 Å². The lowest BCUT2D eigenvalue weighted by atomic mass is 10.1. The summed E-state index contributed by atoms with van der Waals surface area (Å²) in [5.74, 6) is -2.03. The number of amidine groups is 1. The zero-order valence-electron chi connectivity index (χ0n) is 9.54. The van der Waals surface area contributed by atoms with Crippen LogP contribution >= 0.6 is 0 Å². The van der Waals surface area contributed by atoms with Gasteiger partial charge in [-0.25, -0.2) is 13.8 Å². The predicted octanol–water partition coefficient (Wildman–Crippen LogP) is 2.38. The molecule has 0 unspecified atom stereocenters. The first kappa shape index (κ1) is 11.6. The van der Waals surface area contributed by atoms with Gasteiger partial charge in [0.05, 0.1) is 12.2 Å². The number of hydrogen-bond donors (Lipinski definition) is 1. The maximum atomic E-state index is 13.1.